The second-order valence-electron chi connectivity index (χ2n) is 6.03. The number of thiazole rings is 1. The van der Waals surface area contributed by atoms with E-state index in [1.807, 2.05) is 0 Å². The molecule has 29 heavy (non-hydrogen) atoms. The number of hydrogen-bond acceptors (Lipinski definition) is 5. The molecular formula is C19H16F3N3O3S. The van der Waals surface area contributed by atoms with Crippen LogP contribution in [0.15, 0.2) is 52.5 Å². The van der Waals surface area contributed by atoms with Crippen molar-refractivity contribution in [3.05, 3.63) is 65.1 Å². The molecule has 0 fully saturated rings. The molecule has 2 amide bonds. The van der Waals surface area contributed by atoms with Crippen molar-refractivity contribution in [1.82, 2.24) is 15.6 Å². The normalized spacial score (nSPS) is 11.3. The summed E-state index contributed by atoms with van der Waals surface area (Å²) >= 11 is 1.23. The van der Waals surface area contributed by atoms with E-state index in [1.165, 1.54) is 29.7 Å². The molecule has 2 N–H and O–H groups in total. The minimum Gasteiger partial charge on any atom is -0.467 e. The van der Waals surface area contributed by atoms with Gasteiger partial charge in [-0.15, -0.1) is 11.3 Å². The first-order valence-electron chi connectivity index (χ1n) is 8.49. The van der Waals surface area contributed by atoms with Gasteiger partial charge in [0.05, 0.1) is 37.0 Å². The lowest BCUT2D eigenvalue weighted by Gasteiger charge is -2.06. The van der Waals surface area contributed by atoms with Gasteiger partial charge in [-0.05, 0) is 24.3 Å². The molecular weight excluding hydrogens is 407 g/mol. The van der Waals surface area contributed by atoms with Crippen molar-refractivity contribution >= 4 is 23.2 Å². The molecule has 0 radical (unpaired) electrons. The smallest absolute Gasteiger partial charge is 0.416 e. The van der Waals surface area contributed by atoms with Crippen LogP contribution in [0.4, 0.5) is 13.2 Å². The zero-order valence-electron chi connectivity index (χ0n) is 15.0. The second kappa shape index (κ2) is 8.91. The molecule has 0 saturated carbocycles. The molecule has 152 valence electrons. The number of benzene rings is 1. The molecule has 2 heterocycles. The molecule has 0 aliphatic carbocycles. The molecule has 2 aromatic heterocycles. The number of aromatic nitrogens is 1. The lowest BCUT2D eigenvalue weighted by Crippen LogP contribution is -2.37. The Morgan fingerprint density at radius 3 is 2.48 bits per heavy atom. The molecule has 0 aliphatic rings. The van der Waals surface area contributed by atoms with Crippen molar-refractivity contribution < 1.29 is 27.2 Å². The maximum atomic E-state index is 12.6. The number of amides is 2. The summed E-state index contributed by atoms with van der Waals surface area (Å²) in [5.74, 6) is -0.149. The minimum absolute atomic E-state index is 0.0391. The fourth-order valence-corrected chi connectivity index (χ4v) is 3.22. The third-order valence-corrected chi connectivity index (χ3v) is 4.78. The summed E-state index contributed by atoms with van der Waals surface area (Å²) in [5.41, 5.74) is 0.271. The maximum Gasteiger partial charge on any atom is 0.416 e. The highest BCUT2D eigenvalue weighted by Crippen LogP contribution is 2.31. The van der Waals surface area contributed by atoms with Gasteiger partial charge in [0.2, 0.25) is 11.8 Å². The largest absolute Gasteiger partial charge is 0.467 e. The number of halogens is 3. The van der Waals surface area contributed by atoms with E-state index in [-0.39, 0.29) is 31.3 Å². The number of furan rings is 1. The first kappa shape index (κ1) is 20.6. The van der Waals surface area contributed by atoms with Gasteiger partial charge in [0.1, 0.15) is 10.8 Å². The lowest BCUT2D eigenvalue weighted by molar-refractivity contribution is -0.137. The monoisotopic (exact) mass is 423 g/mol. The molecule has 0 bridgehead atoms. The Bertz CT molecular complexity index is 967. The van der Waals surface area contributed by atoms with E-state index in [9.17, 15) is 22.8 Å². The van der Waals surface area contributed by atoms with Gasteiger partial charge < -0.3 is 15.1 Å². The van der Waals surface area contributed by atoms with E-state index in [4.69, 9.17) is 4.42 Å². The fourth-order valence-electron chi connectivity index (χ4n) is 2.39. The SMILES string of the molecule is O=C(CNC(=O)Cc1csc(-c2ccc(C(F)(F)F)cc2)n1)NCc1ccco1. The summed E-state index contributed by atoms with van der Waals surface area (Å²) in [6.45, 7) is 0.0414. The van der Waals surface area contributed by atoms with E-state index in [0.717, 1.165) is 12.1 Å². The maximum absolute atomic E-state index is 12.6. The van der Waals surface area contributed by atoms with Crippen LogP contribution >= 0.6 is 11.3 Å². The van der Waals surface area contributed by atoms with E-state index in [1.54, 1.807) is 17.5 Å². The summed E-state index contributed by atoms with van der Waals surface area (Å²) in [4.78, 5) is 28.0. The molecule has 3 rings (SSSR count). The van der Waals surface area contributed by atoms with Crippen LogP contribution in [0.1, 0.15) is 17.0 Å². The molecule has 0 spiro atoms. The Hall–Kier alpha value is -3.14. The van der Waals surface area contributed by atoms with Crippen LogP contribution in [0, 0.1) is 0 Å². The van der Waals surface area contributed by atoms with Crippen LogP contribution in [0.3, 0.4) is 0 Å². The zero-order valence-corrected chi connectivity index (χ0v) is 15.8. The predicted octanol–water partition coefficient (Wildman–Crippen LogP) is 3.40. The van der Waals surface area contributed by atoms with Crippen LogP contribution in [-0.2, 0) is 28.7 Å². The number of nitrogens with zero attached hydrogens (tertiary/aromatic N) is 1. The first-order valence-corrected chi connectivity index (χ1v) is 9.37. The predicted molar refractivity (Wildman–Crippen MR) is 99.8 cm³/mol. The third-order valence-electron chi connectivity index (χ3n) is 3.84. The van der Waals surface area contributed by atoms with E-state index >= 15 is 0 Å². The van der Waals surface area contributed by atoms with E-state index < -0.39 is 11.7 Å². The Morgan fingerprint density at radius 1 is 1.07 bits per heavy atom. The van der Waals surface area contributed by atoms with Gasteiger partial charge in [0.25, 0.3) is 0 Å². The summed E-state index contributed by atoms with van der Waals surface area (Å²) < 4.78 is 43.0. The zero-order chi connectivity index (χ0) is 20.9. The fraction of sp³-hybridized carbons (Fsp3) is 0.211. The average Bonchev–Trinajstić information content (AvgIpc) is 3.36. The van der Waals surface area contributed by atoms with Crippen LogP contribution in [0.5, 0.6) is 0 Å². The van der Waals surface area contributed by atoms with Crippen LogP contribution in [0.25, 0.3) is 10.6 Å². The van der Waals surface area contributed by atoms with Gasteiger partial charge >= 0.3 is 6.18 Å². The van der Waals surface area contributed by atoms with Gasteiger partial charge in [-0.25, -0.2) is 4.98 Å². The number of nitrogens with one attached hydrogen (secondary N) is 2. The summed E-state index contributed by atoms with van der Waals surface area (Å²) in [6.07, 6.45) is -2.94. The molecule has 6 nitrogen and oxygen atoms in total. The molecule has 0 atom stereocenters. The topological polar surface area (TPSA) is 84.2 Å². The highest BCUT2D eigenvalue weighted by molar-refractivity contribution is 7.13. The molecule has 0 aliphatic heterocycles. The van der Waals surface area contributed by atoms with Crippen molar-refractivity contribution in [2.24, 2.45) is 0 Å². The minimum atomic E-state index is -4.39. The summed E-state index contributed by atoms with van der Waals surface area (Å²) in [7, 11) is 0. The van der Waals surface area contributed by atoms with Gasteiger partial charge in [-0.3, -0.25) is 9.59 Å². The summed E-state index contributed by atoms with van der Waals surface area (Å²) in [6, 6.07) is 8.09. The van der Waals surface area contributed by atoms with Crippen molar-refractivity contribution in [3.63, 3.8) is 0 Å². The molecule has 3 aromatic rings. The number of carbonyl (C=O) groups is 2. The second-order valence-corrected chi connectivity index (χ2v) is 6.89. The molecule has 0 unspecified atom stereocenters. The van der Waals surface area contributed by atoms with Gasteiger partial charge in [-0.1, -0.05) is 12.1 Å². The number of hydrogen-bond donors (Lipinski definition) is 2. The van der Waals surface area contributed by atoms with Crippen molar-refractivity contribution in [3.8, 4) is 10.6 Å². The standard InChI is InChI=1S/C19H16F3N3O3S/c20-19(21,22)13-5-3-12(4-6-13)18-25-14(11-29-18)8-16(26)24-10-17(27)23-9-15-2-1-7-28-15/h1-7,11H,8-10H2,(H,23,27)(H,24,26). The number of alkyl halides is 3. The Labute approximate surface area is 167 Å². The van der Waals surface area contributed by atoms with Crippen LogP contribution < -0.4 is 10.6 Å². The van der Waals surface area contributed by atoms with Crippen molar-refractivity contribution in [1.29, 1.82) is 0 Å². The molecule has 0 saturated heterocycles. The van der Waals surface area contributed by atoms with E-state index in [2.05, 4.69) is 15.6 Å². The molecule has 1 aromatic carbocycles. The van der Waals surface area contributed by atoms with Crippen molar-refractivity contribution in [2.75, 3.05) is 6.54 Å². The number of rotatable bonds is 7. The summed E-state index contributed by atoms with van der Waals surface area (Å²) in [5, 5.41) is 7.26. The molecule has 10 heteroatoms. The average molecular weight is 423 g/mol. The van der Waals surface area contributed by atoms with Gasteiger partial charge in [-0.2, -0.15) is 13.2 Å². The Balaban J connectivity index is 1.48. The van der Waals surface area contributed by atoms with Crippen LogP contribution in [0.2, 0.25) is 0 Å². The van der Waals surface area contributed by atoms with E-state index in [0.29, 0.717) is 22.0 Å². The first-order chi connectivity index (χ1) is 13.8. The van der Waals surface area contributed by atoms with Crippen molar-refractivity contribution in [2.45, 2.75) is 19.1 Å². The van der Waals surface area contributed by atoms with Gasteiger partial charge in [0, 0.05) is 10.9 Å². The van der Waals surface area contributed by atoms with Crippen LogP contribution in [-0.4, -0.2) is 23.3 Å². The third kappa shape index (κ3) is 5.92. The highest BCUT2D eigenvalue weighted by Gasteiger charge is 2.30. The quantitative estimate of drug-likeness (QED) is 0.610. The number of carbonyl (C=O) groups excluding carboxylic acids is 2. The Kier molecular flexibility index (Phi) is 6.32. The van der Waals surface area contributed by atoms with Gasteiger partial charge in [0.15, 0.2) is 0 Å². The highest BCUT2D eigenvalue weighted by atomic mass is 32.1. The lowest BCUT2D eigenvalue weighted by atomic mass is 10.1. The Morgan fingerprint density at radius 2 is 1.83 bits per heavy atom.